The third-order valence-electron chi connectivity index (χ3n) is 3.87. The topological polar surface area (TPSA) is 46.3 Å². The van der Waals surface area contributed by atoms with E-state index < -0.39 is 6.04 Å². The van der Waals surface area contributed by atoms with Crippen LogP contribution >= 0.6 is 12.4 Å². The Labute approximate surface area is 144 Å². The van der Waals surface area contributed by atoms with Crippen molar-refractivity contribution in [2.24, 2.45) is 5.73 Å². The zero-order valence-electron chi connectivity index (χ0n) is 13.9. The largest absolute Gasteiger partial charge is 0.340 e. The summed E-state index contributed by atoms with van der Waals surface area (Å²) in [5, 5.41) is 0. The smallest absolute Gasteiger partial charge is 0.244 e. The van der Waals surface area contributed by atoms with Crippen molar-refractivity contribution < 1.29 is 4.79 Å². The summed E-state index contributed by atoms with van der Waals surface area (Å²) in [6.07, 6.45) is 0. The molecule has 0 aliphatic heterocycles. The molecular formula is C19H25ClN2O. The number of hydrogen-bond acceptors (Lipinski definition) is 2. The Bertz CT molecular complexity index is 611. The van der Waals surface area contributed by atoms with Gasteiger partial charge in [-0.3, -0.25) is 4.79 Å². The molecule has 2 aromatic rings. The minimum absolute atomic E-state index is 0. The lowest BCUT2D eigenvalue weighted by molar-refractivity contribution is -0.131. The Morgan fingerprint density at radius 3 is 2.09 bits per heavy atom. The van der Waals surface area contributed by atoms with Crippen LogP contribution in [0.1, 0.15) is 42.5 Å². The Morgan fingerprint density at radius 1 is 1.00 bits per heavy atom. The molecule has 0 aliphatic rings. The maximum atomic E-state index is 12.4. The predicted molar refractivity (Wildman–Crippen MR) is 97.6 cm³/mol. The van der Waals surface area contributed by atoms with Gasteiger partial charge in [0.2, 0.25) is 5.91 Å². The first-order valence-electron chi connectivity index (χ1n) is 7.63. The van der Waals surface area contributed by atoms with Crippen LogP contribution in [0, 0.1) is 0 Å². The van der Waals surface area contributed by atoms with Crippen LogP contribution in [0.5, 0.6) is 0 Å². The first-order valence-corrected chi connectivity index (χ1v) is 7.63. The lowest BCUT2D eigenvalue weighted by Gasteiger charge is -2.22. The molecule has 0 aromatic heterocycles. The standard InChI is InChI=1S/C19H24N2O.ClH/c1-14(2)16-11-9-15(10-12-16)13-21(3)19(22)18(20)17-7-5-4-6-8-17;/h4-12,14,18H,13,20H2,1-3H3;1H. The molecule has 0 bridgehead atoms. The highest BCUT2D eigenvalue weighted by atomic mass is 35.5. The molecule has 0 aliphatic carbocycles. The summed E-state index contributed by atoms with van der Waals surface area (Å²) in [5.41, 5.74) is 9.32. The second-order valence-corrected chi connectivity index (χ2v) is 5.98. The van der Waals surface area contributed by atoms with Gasteiger partial charge in [-0.1, -0.05) is 68.4 Å². The number of likely N-dealkylation sites (N-methyl/N-ethyl adjacent to an activating group) is 1. The molecule has 0 saturated carbocycles. The number of nitrogens with zero attached hydrogens (tertiary/aromatic N) is 1. The van der Waals surface area contributed by atoms with E-state index in [-0.39, 0.29) is 18.3 Å². The lowest BCUT2D eigenvalue weighted by Crippen LogP contribution is -2.35. The quantitative estimate of drug-likeness (QED) is 0.902. The summed E-state index contributed by atoms with van der Waals surface area (Å²) < 4.78 is 0. The predicted octanol–water partition coefficient (Wildman–Crippen LogP) is 3.89. The van der Waals surface area contributed by atoms with E-state index in [2.05, 4.69) is 38.1 Å². The van der Waals surface area contributed by atoms with Crippen LogP contribution in [-0.4, -0.2) is 17.9 Å². The zero-order valence-corrected chi connectivity index (χ0v) is 14.7. The van der Waals surface area contributed by atoms with Crippen LogP contribution in [0.15, 0.2) is 54.6 Å². The summed E-state index contributed by atoms with van der Waals surface area (Å²) in [4.78, 5) is 14.1. The van der Waals surface area contributed by atoms with Crippen molar-refractivity contribution >= 4 is 18.3 Å². The normalized spacial score (nSPS) is 11.7. The van der Waals surface area contributed by atoms with Crippen molar-refractivity contribution in [2.75, 3.05) is 7.05 Å². The number of carbonyl (C=O) groups excluding carboxylic acids is 1. The van der Waals surface area contributed by atoms with Gasteiger partial charge in [-0.2, -0.15) is 0 Å². The summed E-state index contributed by atoms with van der Waals surface area (Å²) in [6.45, 7) is 4.91. The average Bonchev–Trinajstić information content (AvgIpc) is 2.54. The maximum absolute atomic E-state index is 12.4. The molecule has 1 amide bonds. The second-order valence-electron chi connectivity index (χ2n) is 5.98. The second kappa shape index (κ2) is 8.70. The van der Waals surface area contributed by atoms with Crippen molar-refractivity contribution in [2.45, 2.75) is 32.4 Å². The number of halogens is 1. The highest BCUT2D eigenvalue weighted by molar-refractivity contribution is 5.85. The van der Waals surface area contributed by atoms with Crippen molar-refractivity contribution in [1.29, 1.82) is 0 Å². The van der Waals surface area contributed by atoms with Gasteiger partial charge in [-0.15, -0.1) is 12.4 Å². The van der Waals surface area contributed by atoms with Crippen molar-refractivity contribution in [3.8, 4) is 0 Å². The van der Waals surface area contributed by atoms with Gasteiger partial charge in [-0.05, 0) is 22.6 Å². The third-order valence-corrected chi connectivity index (χ3v) is 3.87. The monoisotopic (exact) mass is 332 g/mol. The van der Waals surface area contributed by atoms with Crippen LogP contribution < -0.4 is 5.73 Å². The number of carbonyl (C=O) groups is 1. The van der Waals surface area contributed by atoms with Crippen LogP contribution in [0.3, 0.4) is 0 Å². The molecule has 124 valence electrons. The third kappa shape index (κ3) is 5.08. The van der Waals surface area contributed by atoms with Crippen LogP contribution in [-0.2, 0) is 11.3 Å². The molecule has 1 unspecified atom stereocenters. The van der Waals surface area contributed by atoms with Crippen molar-refractivity contribution in [3.05, 3.63) is 71.3 Å². The highest BCUT2D eigenvalue weighted by Gasteiger charge is 2.19. The molecule has 0 heterocycles. The van der Waals surface area contributed by atoms with E-state index in [0.717, 1.165) is 11.1 Å². The van der Waals surface area contributed by atoms with E-state index in [4.69, 9.17) is 5.73 Å². The molecule has 0 saturated heterocycles. The lowest BCUT2D eigenvalue weighted by atomic mass is 10.0. The maximum Gasteiger partial charge on any atom is 0.244 e. The Balaban J connectivity index is 0.00000264. The number of hydrogen-bond donors (Lipinski definition) is 1. The minimum atomic E-state index is -0.610. The Morgan fingerprint density at radius 2 is 1.57 bits per heavy atom. The van der Waals surface area contributed by atoms with E-state index >= 15 is 0 Å². The van der Waals surface area contributed by atoms with Gasteiger partial charge in [0.1, 0.15) is 6.04 Å². The van der Waals surface area contributed by atoms with Gasteiger partial charge in [0.25, 0.3) is 0 Å². The summed E-state index contributed by atoms with van der Waals surface area (Å²) >= 11 is 0. The summed E-state index contributed by atoms with van der Waals surface area (Å²) in [6, 6.07) is 17.3. The molecule has 3 nitrogen and oxygen atoms in total. The number of amides is 1. The molecule has 0 fully saturated rings. The average molecular weight is 333 g/mol. The summed E-state index contributed by atoms with van der Waals surface area (Å²) in [7, 11) is 1.79. The van der Waals surface area contributed by atoms with Gasteiger partial charge in [0.15, 0.2) is 0 Å². The SMILES string of the molecule is CC(C)c1ccc(CN(C)C(=O)C(N)c2ccccc2)cc1.Cl. The van der Waals surface area contributed by atoms with Gasteiger partial charge < -0.3 is 10.6 Å². The molecule has 2 aromatic carbocycles. The van der Waals surface area contributed by atoms with Gasteiger partial charge in [0, 0.05) is 13.6 Å². The van der Waals surface area contributed by atoms with E-state index in [1.54, 1.807) is 11.9 Å². The fourth-order valence-electron chi connectivity index (χ4n) is 2.40. The fraction of sp³-hybridized carbons (Fsp3) is 0.316. The first-order chi connectivity index (χ1) is 10.5. The number of nitrogens with two attached hydrogens (primary N) is 1. The Hall–Kier alpha value is -1.84. The molecule has 0 radical (unpaired) electrons. The molecule has 23 heavy (non-hydrogen) atoms. The first kappa shape index (κ1) is 19.2. The molecule has 2 N–H and O–H groups in total. The van der Waals surface area contributed by atoms with Crippen molar-refractivity contribution in [3.63, 3.8) is 0 Å². The Kier molecular flexibility index (Phi) is 7.27. The zero-order chi connectivity index (χ0) is 16.1. The van der Waals surface area contributed by atoms with Crippen LogP contribution in [0.2, 0.25) is 0 Å². The van der Waals surface area contributed by atoms with Crippen molar-refractivity contribution in [1.82, 2.24) is 4.90 Å². The van der Waals surface area contributed by atoms with Crippen LogP contribution in [0.25, 0.3) is 0 Å². The molecule has 0 spiro atoms. The van der Waals surface area contributed by atoms with E-state index in [9.17, 15) is 4.79 Å². The van der Waals surface area contributed by atoms with Gasteiger partial charge in [0.05, 0.1) is 0 Å². The minimum Gasteiger partial charge on any atom is -0.340 e. The fourth-order valence-corrected chi connectivity index (χ4v) is 2.40. The molecular weight excluding hydrogens is 308 g/mol. The highest BCUT2D eigenvalue weighted by Crippen LogP contribution is 2.17. The van der Waals surface area contributed by atoms with Gasteiger partial charge >= 0.3 is 0 Å². The van der Waals surface area contributed by atoms with Crippen LogP contribution in [0.4, 0.5) is 0 Å². The molecule has 4 heteroatoms. The summed E-state index contributed by atoms with van der Waals surface area (Å²) in [5.74, 6) is 0.444. The number of rotatable bonds is 5. The van der Waals surface area contributed by atoms with E-state index in [1.807, 2.05) is 30.3 Å². The number of benzene rings is 2. The molecule has 2 rings (SSSR count). The van der Waals surface area contributed by atoms with E-state index in [0.29, 0.717) is 12.5 Å². The molecule has 1 atom stereocenters. The van der Waals surface area contributed by atoms with E-state index in [1.165, 1.54) is 5.56 Å². The van der Waals surface area contributed by atoms with Gasteiger partial charge in [-0.25, -0.2) is 0 Å².